The van der Waals surface area contributed by atoms with Crippen LogP contribution in [0.4, 0.5) is 0 Å². The lowest BCUT2D eigenvalue weighted by Crippen LogP contribution is -2.37. The maximum absolute atomic E-state index is 6.11. The molecule has 0 bridgehead atoms. The summed E-state index contributed by atoms with van der Waals surface area (Å²) in [5.41, 5.74) is 6.51. The molecule has 1 nitrogen and oxygen atoms in total. The molecule has 1 aliphatic carbocycles. The molecule has 1 heteroatoms. The van der Waals surface area contributed by atoms with Crippen LogP contribution in [0, 0.1) is 11.3 Å². The van der Waals surface area contributed by atoms with Crippen molar-refractivity contribution in [1.82, 2.24) is 0 Å². The van der Waals surface area contributed by atoms with Crippen LogP contribution >= 0.6 is 0 Å². The molecule has 0 radical (unpaired) electrons. The van der Waals surface area contributed by atoms with Crippen LogP contribution in [0.15, 0.2) is 0 Å². The van der Waals surface area contributed by atoms with Crippen LogP contribution in [0.5, 0.6) is 0 Å². The minimum absolute atomic E-state index is 0.357. The average Bonchev–Trinajstić information content (AvgIpc) is 2.18. The van der Waals surface area contributed by atoms with Gasteiger partial charge in [-0.2, -0.15) is 0 Å². The second-order valence-electron chi connectivity index (χ2n) is 5.69. The first-order valence-electron chi connectivity index (χ1n) is 6.30. The normalized spacial score (nSPS) is 38.1. The summed E-state index contributed by atoms with van der Waals surface area (Å²) in [6.07, 6.45) is 9.65. The van der Waals surface area contributed by atoms with Crippen LogP contribution < -0.4 is 5.73 Å². The van der Waals surface area contributed by atoms with Crippen LogP contribution in [0.2, 0.25) is 0 Å². The Bertz CT molecular complexity index is 165. The molecular weight excluding hydrogens is 170 g/mol. The molecule has 1 fully saturated rings. The molecule has 0 saturated heterocycles. The fourth-order valence-corrected chi connectivity index (χ4v) is 2.60. The van der Waals surface area contributed by atoms with Crippen molar-refractivity contribution >= 4 is 0 Å². The van der Waals surface area contributed by atoms with E-state index in [-0.39, 0.29) is 0 Å². The smallest absolute Gasteiger partial charge is 0.00643 e. The Kier molecular flexibility index (Phi) is 4.43. The van der Waals surface area contributed by atoms with Gasteiger partial charge in [0.05, 0.1) is 0 Å². The highest BCUT2D eigenvalue weighted by molar-refractivity contribution is 4.83. The summed E-state index contributed by atoms with van der Waals surface area (Å²) in [6.45, 7) is 6.96. The maximum atomic E-state index is 6.11. The lowest BCUT2D eigenvalue weighted by atomic mass is 9.75. The Morgan fingerprint density at radius 3 is 2.36 bits per heavy atom. The fourth-order valence-electron chi connectivity index (χ4n) is 2.60. The first-order valence-corrected chi connectivity index (χ1v) is 6.30. The Morgan fingerprint density at radius 1 is 1.14 bits per heavy atom. The Morgan fingerprint density at radius 2 is 1.71 bits per heavy atom. The molecule has 0 aromatic rings. The van der Waals surface area contributed by atoms with E-state index in [9.17, 15) is 0 Å². The third kappa shape index (κ3) is 3.27. The van der Waals surface area contributed by atoms with Crippen molar-refractivity contribution in [3.63, 3.8) is 0 Å². The summed E-state index contributed by atoms with van der Waals surface area (Å²) in [4.78, 5) is 0. The van der Waals surface area contributed by atoms with Gasteiger partial charge in [-0.3, -0.25) is 0 Å². The Labute approximate surface area is 89.5 Å². The third-order valence-electron chi connectivity index (χ3n) is 4.24. The quantitative estimate of drug-likeness (QED) is 0.681. The third-order valence-corrected chi connectivity index (χ3v) is 4.24. The molecule has 0 spiro atoms. The minimum Gasteiger partial charge on any atom is -0.327 e. The predicted molar refractivity (Wildman–Crippen MR) is 63.2 cm³/mol. The second kappa shape index (κ2) is 5.16. The molecule has 1 saturated carbocycles. The highest BCUT2D eigenvalue weighted by atomic mass is 14.7. The van der Waals surface area contributed by atoms with Gasteiger partial charge in [-0.05, 0) is 31.1 Å². The van der Waals surface area contributed by atoms with E-state index in [1.807, 2.05) is 0 Å². The van der Waals surface area contributed by atoms with E-state index in [2.05, 4.69) is 20.8 Å². The van der Waals surface area contributed by atoms with E-state index < -0.39 is 0 Å². The predicted octanol–water partition coefficient (Wildman–Crippen LogP) is 3.72. The van der Waals surface area contributed by atoms with Gasteiger partial charge in [-0.15, -0.1) is 0 Å². The standard InChI is InChI=1S/C13H27N/c1-11-7-4-5-9-13(3,12(2)14)10-6-8-11/h11-12H,4-10,14H2,1-3H3. The minimum atomic E-state index is 0.357. The first kappa shape index (κ1) is 12.0. The van der Waals surface area contributed by atoms with Crippen molar-refractivity contribution in [2.24, 2.45) is 17.1 Å². The number of hydrogen-bond acceptors (Lipinski definition) is 1. The zero-order valence-corrected chi connectivity index (χ0v) is 10.2. The van der Waals surface area contributed by atoms with E-state index in [0.29, 0.717) is 11.5 Å². The van der Waals surface area contributed by atoms with Gasteiger partial charge in [0.15, 0.2) is 0 Å². The molecule has 0 aromatic carbocycles. The van der Waals surface area contributed by atoms with Crippen LogP contribution in [-0.4, -0.2) is 6.04 Å². The van der Waals surface area contributed by atoms with Crippen molar-refractivity contribution in [1.29, 1.82) is 0 Å². The summed E-state index contributed by atoms with van der Waals surface area (Å²) in [7, 11) is 0. The molecule has 3 unspecified atom stereocenters. The second-order valence-corrected chi connectivity index (χ2v) is 5.69. The topological polar surface area (TPSA) is 26.0 Å². The summed E-state index contributed by atoms with van der Waals surface area (Å²) < 4.78 is 0. The van der Waals surface area contributed by atoms with Crippen LogP contribution in [0.25, 0.3) is 0 Å². The maximum Gasteiger partial charge on any atom is 0.00643 e. The SMILES string of the molecule is CC1CCCCC(C)(C(C)N)CCC1. The van der Waals surface area contributed by atoms with E-state index in [0.717, 1.165) is 5.92 Å². The Hall–Kier alpha value is -0.0400. The first-order chi connectivity index (χ1) is 6.54. The molecule has 1 rings (SSSR count). The number of rotatable bonds is 1. The lowest BCUT2D eigenvalue weighted by molar-refractivity contribution is 0.213. The molecule has 0 amide bonds. The molecule has 0 aromatic heterocycles. The highest BCUT2D eigenvalue weighted by Gasteiger charge is 2.28. The zero-order chi connectivity index (χ0) is 10.6. The van der Waals surface area contributed by atoms with E-state index >= 15 is 0 Å². The van der Waals surface area contributed by atoms with E-state index in [1.165, 1.54) is 44.9 Å². The molecule has 1 aliphatic rings. The van der Waals surface area contributed by atoms with Gasteiger partial charge in [0.2, 0.25) is 0 Å². The highest BCUT2D eigenvalue weighted by Crippen LogP contribution is 2.36. The summed E-state index contributed by atoms with van der Waals surface area (Å²) in [5, 5.41) is 0. The molecule has 84 valence electrons. The summed E-state index contributed by atoms with van der Waals surface area (Å²) >= 11 is 0. The van der Waals surface area contributed by atoms with Crippen LogP contribution in [0.1, 0.15) is 65.7 Å². The van der Waals surface area contributed by atoms with Crippen molar-refractivity contribution in [2.45, 2.75) is 71.8 Å². The molecule has 3 atom stereocenters. The van der Waals surface area contributed by atoms with Gasteiger partial charge >= 0.3 is 0 Å². The number of hydrogen-bond donors (Lipinski definition) is 1. The van der Waals surface area contributed by atoms with Crippen molar-refractivity contribution in [3.8, 4) is 0 Å². The fraction of sp³-hybridized carbons (Fsp3) is 1.00. The molecule has 2 N–H and O–H groups in total. The monoisotopic (exact) mass is 197 g/mol. The summed E-state index contributed by atoms with van der Waals surface area (Å²) in [5.74, 6) is 0.936. The zero-order valence-electron chi connectivity index (χ0n) is 10.2. The lowest BCUT2D eigenvalue weighted by Gasteiger charge is -2.33. The molecule has 0 aliphatic heterocycles. The molecule has 14 heavy (non-hydrogen) atoms. The van der Waals surface area contributed by atoms with Gasteiger partial charge in [0.1, 0.15) is 0 Å². The Balaban J connectivity index is 2.52. The van der Waals surface area contributed by atoms with Gasteiger partial charge in [-0.25, -0.2) is 0 Å². The average molecular weight is 197 g/mol. The van der Waals surface area contributed by atoms with Gasteiger partial charge in [-0.1, -0.05) is 46.0 Å². The molecule has 0 heterocycles. The van der Waals surface area contributed by atoms with Gasteiger partial charge < -0.3 is 5.73 Å². The van der Waals surface area contributed by atoms with Crippen LogP contribution in [0.3, 0.4) is 0 Å². The summed E-state index contributed by atoms with van der Waals surface area (Å²) in [6, 6.07) is 0.357. The van der Waals surface area contributed by atoms with Crippen molar-refractivity contribution < 1.29 is 0 Å². The van der Waals surface area contributed by atoms with Gasteiger partial charge in [0, 0.05) is 6.04 Å². The van der Waals surface area contributed by atoms with E-state index in [1.54, 1.807) is 0 Å². The number of nitrogens with two attached hydrogens (primary N) is 1. The van der Waals surface area contributed by atoms with Crippen molar-refractivity contribution in [2.75, 3.05) is 0 Å². The molecular formula is C13H27N. The van der Waals surface area contributed by atoms with Crippen LogP contribution in [-0.2, 0) is 0 Å². The van der Waals surface area contributed by atoms with Gasteiger partial charge in [0.25, 0.3) is 0 Å². The van der Waals surface area contributed by atoms with E-state index in [4.69, 9.17) is 5.73 Å². The largest absolute Gasteiger partial charge is 0.327 e. The van der Waals surface area contributed by atoms with Crippen molar-refractivity contribution in [3.05, 3.63) is 0 Å².